The van der Waals surface area contributed by atoms with Gasteiger partial charge in [0.2, 0.25) is 0 Å². The van der Waals surface area contributed by atoms with E-state index in [-0.39, 0.29) is 11.5 Å². The van der Waals surface area contributed by atoms with Gasteiger partial charge in [-0.2, -0.15) is 0 Å². The summed E-state index contributed by atoms with van der Waals surface area (Å²) in [6.07, 6.45) is 2.78. The van der Waals surface area contributed by atoms with Gasteiger partial charge in [-0.05, 0) is 0 Å². The van der Waals surface area contributed by atoms with Crippen molar-refractivity contribution in [1.29, 1.82) is 5.26 Å². The number of carbonyl (C=O) groups is 1. The van der Waals surface area contributed by atoms with E-state index in [1.54, 1.807) is 17.2 Å². The molecule has 2 rings (SSSR count). The molecule has 22 heavy (non-hydrogen) atoms. The van der Waals surface area contributed by atoms with Gasteiger partial charge in [0.05, 0.1) is 0 Å². The van der Waals surface area contributed by atoms with Crippen molar-refractivity contribution in [2.75, 3.05) is 6.54 Å². The molecule has 0 bridgehead atoms. The summed E-state index contributed by atoms with van der Waals surface area (Å²) in [6.45, 7) is 6.97. The first-order valence-corrected chi connectivity index (χ1v) is 9.71. The van der Waals surface area contributed by atoms with Crippen LogP contribution in [0, 0.1) is 16.7 Å². The van der Waals surface area contributed by atoms with E-state index in [2.05, 4.69) is 31.8 Å². The summed E-state index contributed by atoms with van der Waals surface area (Å²) < 4.78 is 1.43. The molecule has 1 aliphatic heterocycles. The molecule has 6 heteroatoms. The number of hydrogen-bond donors (Lipinski definition) is 1. The van der Waals surface area contributed by atoms with Gasteiger partial charge in [-0.1, -0.05) is 0 Å². The van der Waals surface area contributed by atoms with Crippen molar-refractivity contribution in [3.05, 3.63) is 23.9 Å². The van der Waals surface area contributed by atoms with Crippen molar-refractivity contribution in [2.24, 2.45) is 5.41 Å². The van der Waals surface area contributed by atoms with Crippen LogP contribution in [0.1, 0.15) is 39.2 Å². The van der Waals surface area contributed by atoms with Crippen LogP contribution in [0.15, 0.2) is 18.3 Å². The number of pyridine rings is 1. The number of piperidine rings is 1. The Kier molecular flexibility index (Phi) is 5.13. The molecule has 0 aliphatic carbocycles. The van der Waals surface area contributed by atoms with E-state index in [4.69, 9.17) is 5.26 Å². The van der Waals surface area contributed by atoms with Gasteiger partial charge >= 0.3 is 138 Å². The van der Waals surface area contributed by atoms with Crippen molar-refractivity contribution in [2.45, 2.75) is 44.4 Å². The molecule has 3 unspecified atom stereocenters. The van der Waals surface area contributed by atoms with Crippen molar-refractivity contribution in [1.82, 2.24) is 9.88 Å². The average molecular weight is 363 g/mol. The zero-order valence-electron chi connectivity index (χ0n) is 13.2. The summed E-state index contributed by atoms with van der Waals surface area (Å²) in [5, 5.41) is 18.4. The Morgan fingerprint density at radius 1 is 1.50 bits per heavy atom. The standard InChI is InChI=1S/C16H22AsN3O2/c1-16(2,3)14-12(5-4-8-20(14)15(21)22)17-13-7-6-11(9-18)10-19-13/h6-7,10,12,14,17H,4-5,8H2,1-3H3,(H,21,22). The van der Waals surface area contributed by atoms with Crippen LogP contribution in [-0.2, 0) is 0 Å². The number of aromatic nitrogens is 1. The molecular formula is C16H22AsN3O2. The van der Waals surface area contributed by atoms with E-state index in [0.29, 0.717) is 16.8 Å². The fraction of sp³-hybridized carbons (Fsp3) is 0.562. The number of nitriles is 1. The van der Waals surface area contributed by atoms with Crippen LogP contribution in [0.3, 0.4) is 0 Å². The van der Waals surface area contributed by atoms with Gasteiger partial charge < -0.3 is 0 Å². The number of hydrogen-bond acceptors (Lipinski definition) is 3. The average Bonchev–Trinajstić information content (AvgIpc) is 2.46. The monoisotopic (exact) mass is 363 g/mol. The second-order valence-electron chi connectivity index (χ2n) is 6.72. The number of nitrogens with zero attached hydrogens (tertiary/aromatic N) is 3. The second-order valence-corrected chi connectivity index (χ2v) is 9.96. The molecule has 118 valence electrons. The maximum atomic E-state index is 11.6. The Bertz CT molecular complexity index is 575. The van der Waals surface area contributed by atoms with Crippen LogP contribution in [0.25, 0.3) is 0 Å². The van der Waals surface area contributed by atoms with Crippen LogP contribution < -0.4 is 4.48 Å². The Balaban J connectivity index is 2.22. The quantitative estimate of drug-likeness (QED) is 0.816. The predicted octanol–water partition coefficient (Wildman–Crippen LogP) is 1.99. The van der Waals surface area contributed by atoms with Crippen molar-refractivity contribution >= 4 is 26.3 Å². The molecule has 1 aromatic heterocycles. The molecule has 3 atom stereocenters. The number of carboxylic acid groups (broad SMARTS) is 1. The predicted molar refractivity (Wildman–Crippen MR) is 86.7 cm³/mol. The number of likely N-dealkylation sites (tertiary alicyclic amines) is 1. The third kappa shape index (κ3) is 3.81. The molecule has 5 nitrogen and oxygen atoms in total. The topological polar surface area (TPSA) is 77.2 Å². The second kappa shape index (κ2) is 6.71. The van der Waals surface area contributed by atoms with E-state index < -0.39 is 21.8 Å². The summed E-state index contributed by atoms with van der Waals surface area (Å²) in [4.78, 5) is 17.6. The fourth-order valence-corrected chi connectivity index (χ4v) is 7.12. The fourth-order valence-electron chi connectivity index (χ4n) is 3.17. The van der Waals surface area contributed by atoms with Crippen LogP contribution in [0.5, 0.6) is 0 Å². The third-order valence-corrected chi connectivity index (χ3v) is 7.28. The third-order valence-electron chi connectivity index (χ3n) is 3.99. The molecule has 1 aromatic rings. The van der Waals surface area contributed by atoms with Gasteiger partial charge in [0.25, 0.3) is 0 Å². The van der Waals surface area contributed by atoms with Crippen LogP contribution in [0.2, 0.25) is 4.71 Å². The number of amides is 1. The molecule has 0 saturated carbocycles. The minimum absolute atomic E-state index is 0.0381. The van der Waals surface area contributed by atoms with Gasteiger partial charge in [-0.3, -0.25) is 0 Å². The minimum atomic E-state index is -0.816. The molecule has 1 fully saturated rings. The Labute approximate surface area is 138 Å². The van der Waals surface area contributed by atoms with Gasteiger partial charge in [0, 0.05) is 0 Å². The summed E-state index contributed by atoms with van der Waals surface area (Å²) >= 11 is -0.553. The Morgan fingerprint density at radius 3 is 2.73 bits per heavy atom. The zero-order valence-corrected chi connectivity index (χ0v) is 15.3. The Morgan fingerprint density at radius 2 is 2.23 bits per heavy atom. The molecule has 0 spiro atoms. The van der Waals surface area contributed by atoms with Crippen LogP contribution in [0.4, 0.5) is 4.79 Å². The van der Waals surface area contributed by atoms with E-state index >= 15 is 0 Å². The molecule has 0 aromatic carbocycles. The maximum absolute atomic E-state index is 11.6. The SMILES string of the molecule is CC(C)(C)C1C([AsH]c2ccc(C#N)cn2)CCCN1C(=O)O. The first-order chi connectivity index (χ1) is 10.3. The zero-order chi connectivity index (χ0) is 16.3. The molecule has 1 amide bonds. The molecule has 1 N–H and O–H groups in total. The summed E-state index contributed by atoms with van der Waals surface area (Å²) in [7, 11) is 0. The van der Waals surface area contributed by atoms with Gasteiger partial charge in [-0.15, -0.1) is 0 Å². The van der Waals surface area contributed by atoms with Crippen molar-refractivity contribution in [3.8, 4) is 6.07 Å². The first-order valence-electron chi connectivity index (χ1n) is 7.45. The van der Waals surface area contributed by atoms with Gasteiger partial charge in [0.1, 0.15) is 0 Å². The number of rotatable bonds is 2. The van der Waals surface area contributed by atoms with Gasteiger partial charge in [-0.25, -0.2) is 0 Å². The molecule has 1 saturated heterocycles. The van der Waals surface area contributed by atoms with Crippen molar-refractivity contribution < 1.29 is 9.90 Å². The van der Waals surface area contributed by atoms with Crippen molar-refractivity contribution in [3.63, 3.8) is 0 Å². The summed E-state index contributed by atoms with van der Waals surface area (Å²) in [5.74, 6) is 0. The van der Waals surface area contributed by atoms with Crippen LogP contribution >= 0.6 is 0 Å². The Hall–Kier alpha value is -1.53. The van der Waals surface area contributed by atoms with Gasteiger partial charge in [0.15, 0.2) is 0 Å². The molecular weight excluding hydrogens is 341 g/mol. The van der Waals surface area contributed by atoms with Crippen LogP contribution in [-0.4, -0.2) is 49.4 Å². The summed E-state index contributed by atoms with van der Waals surface area (Å²) in [5.41, 5.74) is 0.484. The molecule has 2 heterocycles. The molecule has 0 radical (unpaired) electrons. The van der Waals surface area contributed by atoms with E-state index in [0.717, 1.165) is 17.3 Å². The summed E-state index contributed by atoms with van der Waals surface area (Å²) in [6, 6.07) is 5.85. The van der Waals surface area contributed by atoms with E-state index in [1.165, 1.54) is 0 Å². The van der Waals surface area contributed by atoms with E-state index in [9.17, 15) is 9.90 Å². The molecule has 1 aliphatic rings. The normalized spacial score (nSPS) is 22.7. The first kappa shape index (κ1) is 16.8. The van der Waals surface area contributed by atoms with E-state index in [1.807, 2.05) is 6.07 Å².